The summed E-state index contributed by atoms with van der Waals surface area (Å²) in [6.07, 6.45) is 0. The molecule has 0 spiro atoms. The topological polar surface area (TPSA) is 88.7 Å². The summed E-state index contributed by atoms with van der Waals surface area (Å²) in [6.45, 7) is 0.310. The first-order valence-electron chi connectivity index (χ1n) is 11.9. The number of nitrogens with zero attached hydrogens (tertiary/aromatic N) is 1. The highest BCUT2D eigenvalue weighted by Crippen LogP contribution is 2.53. The van der Waals surface area contributed by atoms with Gasteiger partial charge < -0.3 is 14.5 Å². The largest absolute Gasteiger partial charge is 0.493 e. The fourth-order valence-electron chi connectivity index (χ4n) is 4.96. The summed E-state index contributed by atoms with van der Waals surface area (Å²) in [5, 5.41) is 1.07. The number of fused-ring (bicyclic) bond motifs is 2. The van der Waals surface area contributed by atoms with Crippen molar-refractivity contribution in [2.75, 3.05) is 12.0 Å². The molecule has 1 fully saturated rings. The number of anilines is 1. The molecule has 2 aliphatic rings. The van der Waals surface area contributed by atoms with Crippen LogP contribution in [-0.2, 0) is 16.2 Å². The number of carbonyl (C=O) groups excluding carboxylic acids is 2. The van der Waals surface area contributed by atoms with E-state index in [1.807, 2.05) is 24.3 Å². The third-order valence-corrected chi connectivity index (χ3v) is 9.67. The summed E-state index contributed by atoms with van der Waals surface area (Å²) in [5.41, 5.74) is 2.15. The van der Waals surface area contributed by atoms with Crippen LogP contribution in [0.4, 0.5) is 5.69 Å². The van der Waals surface area contributed by atoms with E-state index in [1.165, 1.54) is 16.7 Å². The number of H-pyrrole nitrogens is 1. The van der Waals surface area contributed by atoms with Gasteiger partial charge in [-0.25, -0.2) is 4.90 Å². The summed E-state index contributed by atoms with van der Waals surface area (Å²) in [4.78, 5) is 44.3. The van der Waals surface area contributed by atoms with Crippen molar-refractivity contribution in [3.63, 3.8) is 0 Å². The van der Waals surface area contributed by atoms with E-state index in [-0.39, 0.29) is 16.7 Å². The van der Waals surface area contributed by atoms with Gasteiger partial charge in [-0.3, -0.25) is 14.4 Å². The molecule has 6 rings (SSSR count). The van der Waals surface area contributed by atoms with Crippen molar-refractivity contribution in [3.8, 4) is 11.5 Å². The number of thioether (sulfide) groups is 1. The summed E-state index contributed by atoms with van der Waals surface area (Å²) < 4.78 is 11.7. The van der Waals surface area contributed by atoms with Gasteiger partial charge in [-0.2, -0.15) is 0 Å². The van der Waals surface area contributed by atoms with Gasteiger partial charge in [-0.05, 0) is 59.7 Å². The van der Waals surface area contributed by atoms with Crippen molar-refractivity contribution in [3.05, 3.63) is 102 Å². The predicted molar refractivity (Wildman–Crippen MR) is 153 cm³/mol. The number of aromatic amines is 1. The zero-order valence-corrected chi connectivity index (χ0v) is 23.5. The van der Waals surface area contributed by atoms with E-state index < -0.39 is 17.1 Å². The van der Waals surface area contributed by atoms with Gasteiger partial charge in [0.2, 0.25) is 11.8 Å². The number of amides is 2. The van der Waals surface area contributed by atoms with Gasteiger partial charge in [-0.1, -0.05) is 64.5 Å². The minimum Gasteiger partial charge on any atom is -0.493 e. The van der Waals surface area contributed by atoms with Gasteiger partial charge in [-0.15, -0.1) is 0 Å². The number of aromatic nitrogens is 1. The summed E-state index contributed by atoms with van der Waals surface area (Å²) in [5.74, 6) is -0.872. The number of nitrogens with one attached hydrogen (secondary N) is 1. The number of methoxy groups -OCH3 is 1. The Balaban J connectivity index is 1.37. The number of hydrogen-bond acceptors (Lipinski definition) is 7. The number of ether oxygens (including phenoxy) is 2. The minimum absolute atomic E-state index is 0.234. The van der Waals surface area contributed by atoms with Crippen LogP contribution in [0, 0.1) is 5.92 Å². The second kappa shape index (κ2) is 10.4. The standard InChI is InChI=1S/C28H20Cl2N2O5S2/c1-36-20-12-15(4-11-19(20)37-13-14-2-5-16(29)6-3-14)21-22-24(38-25-23(21)39-28(35)31-25)27(34)32(26(22)33)18-9-7-17(30)8-10-18/h2-12,21-22,24H,13H2,1H3,(H,31,35)/t21-,22-,24+/m0/s1. The molecule has 0 radical (unpaired) electrons. The van der Waals surface area contributed by atoms with Crippen molar-refractivity contribution in [1.82, 2.24) is 4.98 Å². The molecule has 0 bridgehead atoms. The lowest BCUT2D eigenvalue weighted by atomic mass is 9.83. The Morgan fingerprint density at radius 3 is 2.28 bits per heavy atom. The van der Waals surface area contributed by atoms with E-state index >= 15 is 0 Å². The quantitative estimate of drug-likeness (QED) is 0.269. The molecule has 1 aromatic heterocycles. The Bertz CT molecular complexity index is 1640. The highest BCUT2D eigenvalue weighted by Gasteiger charge is 2.56. The van der Waals surface area contributed by atoms with Gasteiger partial charge in [0.1, 0.15) is 11.9 Å². The summed E-state index contributed by atoms with van der Waals surface area (Å²) >= 11 is 14.3. The molecule has 2 amide bonds. The molecule has 2 aliphatic heterocycles. The molecule has 3 atom stereocenters. The normalized spacial score (nSPS) is 20.1. The Morgan fingerprint density at radius 2 is 1.59 bits per heavy atom. The average molecular weight is 600 g/mol. The summed E-state index contributed by atoms with van der Waals surface area (Å²) in [6, 6.07) is 19.4. The van der Waals surface area contributed by atoms with Crippen LogP contribution < -0.4 is 19.2 Å². The number of benzene rings is 3. The first-order valence-corrected chi connectivity index (χ1v) is 14.4. The zero-order chi connectivity index (χ0) is 27.3. The van der Waals surface area contributed by atoms with E-state index in [1.54, 1.807) is 49.6 Å². The number of halogens is 2. The molecule has 1 saturated heterocycles. The summed E-state index contributed by atoms with van der Waals surface area (Å²) in [7, 11) is 1.54. The number of rotatable bonds is 6. The number of hydrogen-bond donors (Lipinski definition) is 1. The maximum atomic E-state index is 13.9. The predicted octanol–water partition coefficient (Wildman–Crippen LogP) is 6.13. The highest BCUT2D eigenvalue weighted by atomic mass is 35.5. The number of imide groups is 1. The molecule has 11 heteroatoms. The Labute approximate surface area is 241 Å². The molecule has 0 aliphatic carbocycles. The van der Waals surface area contributed by atoms with Gasteiger partial charge in [0.25, 0.3) is 0 Å². The van der Waals surface area contributed by atoms with Crippen LogP contribution in [0.3, 0.4) is 0 Å². The van der Waals surface area contributed by atoms with Crippen molar-refractivity contribution >= 4 is 63.8 Å². The van der Waals surface area contributed by atoms with Gasteiger partial charge in [0.15, 0.2) is 11.5 Å². The average Bonchev–Trinajstić information content (AvgIpc) is 3.43. The van der Waals surface area contributed by atoms with Crippen LogP contribution in [0.1, 0.15) is 21.9 Å². The maximum absolute atomic E-state index is 13.9. The van der Waals surface area contributed by atoms with E-state index in [4.69, 9.17) is 32.7 Å². The molecule has 198 valence electrons. The molecular weight excluding hydrogens is 579 g/mol. The first-order chi connectivity index (χ1) is 18.8. The zero-order valence-electron chi connectivity index (χ0n) is 20.4. The Hall–Kier alpha value is -3.24. The van der Waals surface area contributed by atoms with Crippen LogP contribution >= 0.6 is 46.3 Å². The maximum Gasteiger partial charge on any atom is 0.305 e. The molecule has 4 aromatic rings. The molecule has 3 heterocycles. The highest BCUT2D eigenvalue weighted by molar-refractivity contribution is 8.00. The van der Waals surface area contributed by atoms with E-state index in [9.17, 15) is 14.4 Å². The second-order valence-corrected chi connectivity index (χ2v) is 12.1. The van der Waals surface area contributed by atoms with Gasteiger partial charge in [0.05, 0.1) is 23.7 Å². The molecule has 1 N–H and O–H groups in total. The van der Waals surface area contributed by atoms with Gasteiger partial charge >= 0.3 is 4.87 Å². The second-order valence-electron chi connectivity index (χ2n) is 9.06. The molecule has 39 heavy (non-hydrogen) atoms. The molecule has 0 unspecified atom stereocenters. The van der Waals surface area contributed by atoms with Crippen molar-refractivity contribution in [1.29, 1.82) is 0 Å². The first kappa shape index (κ1) is 26.0. The van der Waals surface area contributed by atoms with E-state index in [2.05, 4.69) is 4.98 Å². The lowest BCUT2D eigenvalue weighted by Crippen LogP contribution is -2.32. The third kappa shape index (κ3) is 4.74. The monoisotopic (exact) mass is 598 g/mol. The van der Waals surface area contributed by atoms with Crippen molar-refractivity contribution in [2.24, 2.45) is 5.92 Å². The van der Waals surface area contributed by atoms with Crippen LogP contribution in [0.25, 0.3) is 0 Å². The van der Waals surface area contributed by atoms with Crippen molar-refractivity contribution < 1.29 is 19.1 Å². The smallest absolute Gasteiger partial charge is 0.305 e. The molecular formula is C28H20Cl2N2O5S2. The van der Waals surface area contributed by atoms with E-state index in [0.717, 1.165) is 27.3 Å². The third-order valence-electron chi connectivity index (χ3n) is 6.76. The molecule has 3 aromatic carbocycles. The van der Waals surface area contributed by atoms with Crippen molar-refractivity contribution in [2.45, 2.75) is 22.8 Å². The Morgan fingerprint density at radius 1 is 0.897 bits per heavy atom. The molecule has 7 nitrogen and oxygen atoms in total. The SMILES string of the molecule is COc1cc([C@@H]2c3sc(=O)[nH]c3S[C@H]3C(=O)N(c4ccc(Cl)cc4)C(=O)[C@@H]23)ccc1OCc1ccc(Cl)cc1. The number of thiazole rings is 1. The van der Waals surface area contributed by atoms with Crippen LogP contribution in [-0.4, -0.2) is 29.2 Å². The van der Waals surface area contributed by atoms with Crippen LogP contribution in [0.5, 0.6) is 11.5 Å². The fourth-order valence-corrected chi connectivity index (χ4v) is 7.73. The Kier molecular flexibility index (Phi) is 6.93. The lowest BCUT2D eigenvalue weighted by Gasteiger charge is -2.30. The molecule has 0 saturated carbocycles. The fraction of sp³-hybridized carbons (Fsp3) is 0.179. The lowest BCUT2D eigenvalue weighted by molar-refractivity contribution is -0.122. The van der Waals surface area contributed by atoms with Gasteiger partial charge in [0, 0.05) is 20.8 Å². The number of carbonyl (C=O) groups is 2. The van der Waals surface area contributed by atoms with E-state index in [0.29, 0.717) is 38.9 Å². The van der Waals surface area contributed by atoms with Crippen LogP contribution in [0.15, 0.2) is 76.6 Å². The van der Waals surface area contributed by atoms with Crippen LogP contribution in [0.2, 0.25) is 10.0 Å². The minimum atomic E-state index is -0.706.